The predicted molar refractivity (Wildman–Crippen MR) is 93.9 cm³/mol. The molecule has 2 N–H and O–H groups in total. The molecule has 0 spiro atoms. The van der Waals surface area contributed by atoms with E-state index in [1.165, 1.54) is 0 Å². The minimum atomic E-state index is -4.13. The summed E-state index contributed by atoms with van der Waals surface area (Å²) < 4.78 is 29.7. The zero-order valence-electron chi connectivity index (χ0n) is 16.5. The van der Waals surface area contributed by atoms with Gasteiger partial charge in [0.15, 0.2) is 0 Å². The summed E-state index contributed by atoms with van der Waals surface area (Å²) in [5, 5.41) is 0. The molecule has 3 saturated heterocycles. The molecule has 4 bridgehead atoms. The summed E-state index contributed by atoms with van der Waals surface area (Å²) in [7, 11) is -8.26. The first kappa shape index (κ1) is 19.9. The first-order chi connectivity index (χ1) is 11.2. The van der Waals surface area contributed by atoms with E-state index in [-0.39, 0.29) is 11.8 Å². The van der Waals surface area contributed by atoms with E-state index in [2.05, 4.69) is 13.8 Å². The highest BCUT2D eigenvalue weighted by Crippen LogP contribution is 2.58. The van der Waals surface area contributed by atoms with E-state index in [4.69, 9.17) is 21.8 Å². The Hall–Kier alpha value is 0.154. The lowest BCUT2D eigenvalue weighted by molar-refractivity contribution is -0.133. The fourth-order valence-corrected chi connectivity index (χ4v) is 10.5. The SMILES string of the molecule is CCC1(C)O[Si]2(O)OC1(C)C(C)C(C)C1(C)O[Si](O)(OC1(C)CC)O2. The van der Waals surface area contributed by atoms with Crippen molar-refractivity contribution in [2.45, 2.75) is 90.6 Å². The number of hydrogen-bond donors (Lipinski definition) is 2. The third-order valence-corrected chi connectivity index (χ3v) is 12.4. The van der Waals surface area contributed by atoms with E-state index in [0.717, 1.165) is 0 Å². The minimum Gasteiger partial charge on any atom is -0.368 e. The van der Waals surface area contributed by atoms with Crippen LogP contribution in [-0.2, 0) is 21.8 Å². The summed E-state index contributed by atoms with van der Waals surface area (Å²) in [6.07, 6.45) is 1.28. The summed E-state index contributed by atoms with van der Waals surface area (Å²) in [4.78, 5) is 22.0. The Bertz CT molecular complexity index is 533. The van der Waals surface area contributed by atoms with Gasteiger partial charge >= 0.3 is 18.1 Å². The molecule has 25 heavy (non-hydrogen) atoms. The van der Waals surface area contributed by atoms with Crippen molar-refractivity contribution in [2.75, 3.05) is 0 Å². The van der Waals surface area contributed by atoms with Crippen LogP contribution in [0.3, 0.4) is 0 Å². The Kier molecular flexibility index (Phi) is 4.27. The molecule has 0 aromatic heterocycles. The van der Waals surface area contributed by atoms with Crippen molar-refractivity contribution >= 4 is 18.1 Å². The summed E-state index contributed by atoms with van der Waals surface area (Å²) in [6, 6.07) is 0. The first-order valence-electron chi connectivity index (χ1n) is 9.18. The summed E-state index contributed by atoms with van der Waals surface area (Å²) in [5.74, 6) is -0.0898. The zero-order valence-corrected chi connectivity index (χ0v) is 18.5. The Balaban J connectivity index is 2.19. The van der Waals surface area contributed by atoms with Gasteiger partial charge in [-0.3, -0.25) is 0 Å². The van der Waals surface area contributed by atoms with Crippen LogP contribution in [0.5, 0.6) is 0 Å². The van der Waals surface area contributed by atoms with Gasteiger partial charge in [0.1, 0.15) is 0 Å². The van der Waals surface area contributed by atoms with Crippen molar-refractivity contribution < 1.29 is 31.4 Å². The van der Waals surface area contributed by atoms with Gasteiger partial charge in [0.2, 0.25) is 0 Å². The Morgan fingerprint density at radius 1 is 0.720 bits per heavy atom. The quantitative estimate of drug-likeness (QED) is 0.696. The lowest BCUT2D eigenvalue weighted by atomic mass is 9.63. The first-order valence-corrected chi connectivity index (χ1v) is 12.5. The second-order valence-corrected chi connectivity index (χ2v) is 12.2. The molecule has 146 valence electrons. The molecule has 9 heteroatoms. The van der Waals surface area contributed by atoms with E-state index in [1.807, 2.05) is 41.5 Å². The van der Waals surface area contributed by atoms with Gasteiger partial charge in [0.25, 0.3) is 0 Å². The molecule has 3 aliphatic heterocycles. The van der Waals surface area contributed by atoms with Gasteiger partial charge in [-0.15, -0.1) is 0 Å². The molecule has 8 unspecified atom stereocenters. The van der Waals surface area contributed by atoms with Crippen molar-refractivity contribution in [1.82, 2.24) is 0 Å². The van der Waals surface area contributed by atoms with Gasteiger partial charge in [0.05, 0.1) is 22.4 Å². The van der Waals surface area contributed by atoms with E-state index in [1.54, 1.807) is 0 Å². The molecule has 0 aromatic rings. The van der Waals surface area contributed by atoms with E-state index in [9.17, 15) is 9.59 Å². The average Bonchev–Trinajstić information content (AvgIpc) is 2.83. The molecule has 0 aliphatic carbocycles. The van der Waals surface area contributed by atoms with Crippen LogP contribution in [0.2, 0.25) is 0 Å². The van der Waals surface area contributed by atoms with Gasteiger partial charge < -0.3 is 31.4 Å². The maximum atomic E-state index is 11.0. The third kappa shape index (κ3) is 2.41. The molecule has 3 fully saturated rings. The highest BCUT2D eigenvalue weighted by Gasteiger charge is 2.78. The van der Waals surface area contributed by atoms with E-state index >= 15 is 0 Å². The standard InChI is InChI=1S/C16H32O7Si2/c1-9-13(5)15(7)11(3)12(4)16(8)14(6,10-2)20-25(18,22-16)23-24(17,19-13)21-15/h11-12,17-18H,9-10H2,1-8H3. The van der Waals surface area contributed by atoms with Gasteiger partial charge in [-0.05, 0) is 52.4 Å². The molecule has 0 aromatic carbocycles. The van der Waals surface area contributed by atoms with Crippen LogP contribution in [0.1, 0.15) is 68.2 Å². The Morgan fingerprint density at radius 2 is 1.04 bits per heavy atom. The largest absolute Gasteiger partial charge is 0.672 e. The van der Waals surface area contributed by atoms with Crippen molar-refractivity contribution in [3.63, 3.8) is 0 Å². The van der Waals surface area contributed by atoms with Crippen molar-refractivity contribution in [3.05, 3.63) is 0 Å². The van der Waals surface area contributed by atoms with Crippen molar-refractivity contribution in [3.8, 4) is 0 Å². The topological polar surface area (TPSA) is 86.6 Å². The van der Waals surface area contributed by atoms with Crippen LogP contribution in [0, 0.1) is 11.8 Å². The summed E-state index contributed by atoms with van der Waals surface area (Å²) in [5.41, 5.74) is -3.03. The Morgan fingerprint density at radius 3 is 1.32 bits per heavy atom. The molecular formula is C16H32O7Si2. The van der Waals surface area contributed by atoms with Crippen molar-refractivity contribution in [1.29, 1.82) is 0 Å². The van der Waals surface area contributed by atoms with Gasteiger partial charge in [0, 0.05) is 0 Å². The van der Waals surface area contributed by atoms with Gasteiger partial charge in [-0.25, -0.2) is 0 Å². The lowest BCUT2D eigenvalue weighted by Crippen LogP contribution is -2.60. The predicted octanol–water partition coefficient (Wildman–Crippen LogP) is 2.09. The molecule has 0 radical (unpaired) electrons. The zero-order chi connectivity index (χ0) is 19.1. The second-order valence-electron chi connectivity index (χ2n) is 8.52. The molecule has 3 aliphatic rings. The molecule has 3 rings (SSSR count). The molecule has 0 amide bonds. The van der Waals surface area contributed by atoms with Crippen molar-refractivity contribution in [2.24, 2.45) is 11.8 Å². The fourth-order valence-electron chi connectivity index (χ4n) is 4.76. The van der Waals surface area contributed by atoms with Crippen LogP contribution >= 0.6 is 0 Å². The molecule has 0 saturated carbocycles. The van der Waals surface area contributed by atoms with Crippen LogP contribution < -0.4 is 0 Å². The summed E-state index contributed by atoms with van der Waals surface area (Å²) in [6.45, 7) is 15.9. The second kappa shape index (κ2) is 5.36. The van der Waals surface area contributed by atoms with Crippen LogP contribution in [0.4, 0.5) is 0 Å². The van der Waals surface area contributed by atoms with E-state index in [0.29, 0.717) is 12.8 Å². The van der Waals surface area contributed by atoms with Crippen LogP contribution in [0.25, 0.3) is 0 Å². The molecule has 3 heterocycles. The third-order valence-electron chi connectivity index (χ3n) is 7.59. The molecule has 7 nitrogen and oxygen atoms in total. The Labute approximate surface area is 152 Å². The van der Waals surface area contributed by atoms with E-state index < -0.39 is 40.5 Å². The minimum absolute atomic E-state index is 0.0449. The maximum Gasteiger partial charge on any atom is 0.672 e. The number of rotatable bonds is 2. The molecule has 8 atom stereocenters. The monoisotopic (exact) mass is 392 g/mol. The molecular weight excluding hydrogens is 360 g/mol. The average molecular weight is 393 g/mol. The number of hydrogen-bond acceptors (Lipinski definition) is 7. The highest BCUT2D eigenvalue weighted by atomic mass is 28.5. The fraction of sp³-hybridized carbons (Fsp3) is 1.00. The van der Waals surface area contributed by atoms with Gasteiger partial charge in [-0.2, -0.15) is 0 Å². The smallest absolute Gasteiger partial charge is 0.368 e. The van der Waals surface area contributed by atoms with Gasteiger partial charge in [-0.1, -0.05) is 27.7 Å². The number of fused-ring (bicyclic) bond motifs is 4. The summed E-state index contributed by atoms with van der Waals surface area (Å²) >= 11 is 0. The van der Waals surface area contributed by atoms with Crippen LogP contribution in [-0.4, -0.2) is 50.1 Å². The highest BCUT2D eigenvalue weighted by molar-refractivity contribution is 6.67. The normalized spacial score (nSPS) is 61.7. The van der Waals surface area contributed by atoms with Crippen LogP contribution in [0.15, 0.2) is 0 Å². The maximum absolute atomic E-state index is 11.0. The lowest BCUT2D eigenvalue weighted by Gasteiger charge is -2.50.